The zero-order valence-electron chi connectivity index (χ0n) is 13.2. The summed E-state index contributed by atoms with van der Waals surface area (Å²) in [6.07, 6.45) is 0. The minimum absolute atomic E-state index is 0.133. The lowest BCUT2D eigenvalue weighted by Crippen LogP contribution is -2.08. The molecule has 0 fully saturated rings. The van der Waals surface area contributed by atoms with Crippen molar-refractivity contribution in [2.45, 2.75) is 20.8 Å². The zero-order chi connectivity index (χ0) is 15.9. The summed E-state index contributed by atoms with van der Waals surface area (Å²) in [7, 11) is 1.50. The van der Waals surface area contributed by atoms with Gasteiger partial charge in [-0.1, -0.05) is 35.9 Å². The first-order valence-electron chi connectivity index (χ1n) is 7.20. The molecule has 0 unspecified atom stereocenters. The fourth-order valence-electron chi connectivity index (χ4n) is 2.71. The number of aryl methyl sites for hydroxylation is 3. The molecule has 0 aliphatic rings. The van der Waals surface area contributed by atoms with Crippen molar-refractivity contribution in [1.82, 2.24) is 0 Å². The minimum atomic E-state index is -0.133. The Balaban J connectivity index is 2.40. The summed E-state index contributed by atoms with van der Waals surface area (Å²) < 4.78 is 11.4. The van der Waals surface area contributed by atoms with Gasteiger partial charge in [0.1, 0.15) is 5.58 Å². The van der Waals surface area contributed by atoms with E-state index >= 15 is 0 Å². The Morgan fingerprint density at radius 1 is 0.955 bits per heavy atom. The zero-order valence-corrected chi connectivity index (χ0v) is 13.2. The van der Waals surface area contributed by atoms with E-state index in [0.29, 0.717) is 16.7 Å². The van der Waals surface area contributed by atoms with E-state index in [2.05, 4.69) is 0 Å². The molecule has 2 aromatic carbocycles. The fraction of sp³-hybridized carbons (Fsp3) is 0.211. The molecule has 0 bridgehead atoms. The third-order valence-electron chi connectivity index (χ3n) is 3.80. The Morgan fingerprint density at radius 2 is 1.64 bits per heavy atom. The van der Waals surface area contributed by atoms with Gasteiger partial charge in [0.05, 0.1) is 12.5 Å². The van der Waals surface area contributed by atoms with Crippen LogP contribution in [-0.2, 0) is 0 Å². The maximum Gasteiger partial charge on any atom is 0.235 e. The highest BCUT2D eigenvalue weighted by molar-refractivity contribution is 5.85. The lowest BCUT2D eigenvalue weighted by molar-refractivity contribution is 0.398. The molecule has 3 nitrogen and oxygen atoms in total. The molecular formula is C19H18O3. The summed E-state index contributed by atoms with van der Waals surface area (Å²) in [5, 5.41) is 0.560. The maximum atomic E-state index is 12.7. The molecule has 0 saturated heterocycles. The third kappa shape index (κ3) is 2.29. The van der Waals surface area contributed by atoms with E-state index in [0.717, 1.165) is 22.3 Å². The average molecular weight is 294 g/mol. The molecule has 22 heavy (non-hydrogen) atoms. The summed E-state index contributed by atoms with van der Waals surface area (Å²) in [6.45, 7) is 5.93. The van der Waals surface area contributed by atoms with Gasteiger partial charge in [-0.2, -0.15) is 0 Å². The van der Waals surface area contributed by atoms with Gasteiger partial charge in [-0.3, -0.25) is 4.79 Å². The lowest BCUT2D eigenvalue weighted by Gasteiger charge is -2.11. The van der Waals surface area contributed by atoms with Crippen molar-refractivity contribution in [2.75, 3.05) is 7.11 Å². The average Bonchev–Trinajstić information content (AvgIpc) is 2.49. The minimum Gasteiger partial charge on any atom is -0.490 e. The molecule has 0 aliphatic carbocycles. The number of rotatable bonds is 2. The van der Waals surface area contributed by atoms with Crippen molar-refractivity contribution in [3.63, 3.8) is 0 Å². The second-order valence-electron chi connectivity index (χ2n) is 5.62. The van der Waals surface area contributed by atoms with Crippen molar-refractivity contribution in [1.29, 1.82) is 0 Å². The first-order chi connectivity index (χ1) is 10.5. The Hall–Kier alpha value is -2.55. The van der Waals surface area contributed by atoms with Crippen LogP contribution >= 0.6 is 0 Å². The number of fused-ring (bicyclic) bond motifs is 1. The standard InChI is InChI=1S/C19H18O3/c1-11-5-7-14(8-6-11)18-19(21-4)16(20)15-10-12(2)9-13(3)17(15)22-18/h5-10H,1-4H3. The Kier molecular flexibility index (Phi) is 3.49. The molecule has 1 heterocycles. The molecule has 0 aliphatic heterocycles. The molecule has 0 radical (unpaired) electrons. The molecule has 0 spiro atoms. The van der Waals surface area contributed by atoms with Gasteiger partial charge in [-0.25, -0.2) is 0 Å². The lowest BCUT2D eigenvalue weighted by atomic mass is 10.0. The molecule has 0 amide bonds. The van der Waals surface area contributed by atoms with E-state index < -0.39 is 0 Å². The molecule has 112 valence electrons. The van der Waals surface area contributed by atoms with Gasteiger partial charge in [-0.15, -0.1) is 0 Å². The van der Waals surface area contributed by atoms with Crippen LogP contribution in [0, 0.1) is 20.8 Å². The monoisotopic (exact) mass is 294 g/mol. The second kappa shape index (κ2) is 5.34. The summed E-state index contributed by atoms with van der Waals surface area (Å²) in [6, 6.07) is 11.7. The van der Waals surface area contributed by atoms with E-state index in [1.54, 1.807) is 0 Å². The van der Waals surface area contributed by atoms with E-state index in [9.17, 15) is 4.79 Å². The van der Waals surface area contributed by atoms with Crippen molar-refractivity contribution in [2.24, 2.45) is 0 Å². The van der Waals surface area contributed by atoms with Crippen LogP contribution in [0.4, 0.5) is 0 Å². The number of methoxy groups -OCH3 is 1. The van der Waals surface area contributed by atoms with Gasteiger partial charge >= 0.3 is 0 Å². The van der Waals surface area contributed by atoms with Crippen LogP contribution in [0.5, 0.6) is 5.75 Å². The van der Waals surface area contributed by atoms with E-state index in [-0.39, 0.29) is 11.2 Å². The molecule has 3 heteroatoms. The van der Waals surface area contributed by atoms with E-state index in [1.807, 2.05) is 57.2 Å². The smallest absolute Gasteiger partial charge is 0.235 e. The predicted molar refractivity (Wildman–Crippen MR) is 88.7 cm³/mol. The predicted octanol–water partition coefficient (Wildman–Crippen LogP) is 4.39. The van der Waals surface area contributed by atoms with Crippen LogP contribution in [0.2, 0.25) is 0 Å². The number of benzene rings is 2. The van der Waals surface area contributed by atoms with Crippen LogP contribution < -0.4 is 10.2 Å². The first-order valence-corrected chi connectivity index (χ1v) is 7.20. The van der Waals surface area contributed by atoms with E-state index in [1.165, 1.54) is 7.11 Å². The second-order valence-corrected chi connectivity index (χ2v) is 5.62. The van der Waals surface area contributed by atoms with Crippen molar-refractivity contribution in [3.05, 3.63) is 63.3 Å². The number of hydrogen-bond donors (Lipinski definition) is 0. The highest BCUT2D eigenvalue weighted by atomic mass is 16.5. The van der Waals surface area contributed by atoms with Crippen LogP contribution in [0.3, 0.4) is 0 Å². The maximum absolute atomic E-state index is 12.7. The molecule has 0 atom stereocenters. The third-order valence-corrected chi connectivity index (χ3v) is 3.80. The van der Waals surface area contributed by atoms with Crippen LogP contribution in [0.1, 0.15) is 16.7 Å². The SMILES string of the molecule is COc1c(-c2ccc(C)cc2)oc2c(C)cc(C)cc2c1=O. The molecule has 1 aromatic heterocycles. The summed E-state index contributed by atoms with van der Waals surface area (Å²) >= 11 is 0. The van der Waals surface area contributed by atoms with Gasteiger partial charge in [0.2, 0.25) is 11.2 Å². The van der Waals surface area contributed by atoms with Crippen molar-refractivity contribution < 1.29 is 9.15 Å². The summed E-state index contributed by atoms with van der Waals surface area (Å²) in [5.74, 6) is 0.730. The first kappa shape index (κ1) is 14.4. The van der Waals surface area contributed by atoms with Crippen molar-refractivity contribution >= 4 is 11.0 Å². The largest absolute Gasteiger partial charge is 0.490 e. The van der Waals surface area contributed by atoms with Gasteiger partial charge < -0.3 is 9.15 Å². The van der Waals surface area contributed by atoms with Gasteiger partial charge in [0, 0.05) is 5.56 Å². The Morgan fingerprint density at radius 3 is 2.27 bits per heavy atom. The normalized spacial score (nSPS) is 10.9. The fourth-order valence-corrected chi connectivity index (χ4v) is 2.71. The van der Waals surface area contributed by atoms with Gasteiger partial charge in [0.25, 0.3) is 0 Å². The van der Waals surface area contributed by atoms with Crippen LogP contribution in [0.25, 0.3) is 22.3 Å². The molecule has 0 saturated carbocycles. The van der Waals surface area contributed by atoms with Crippen molar-refractivity contribution in [3.8, 4) is 17.1 Å². The van der Waals surface area contributed by atoms with Gasteiger partial charge in [0.15, 0.2) is 5.76 Å². The summed E-state index contributed by atoms with van der Waals surface area (Å²) in [4.78, 5) is 12.7. The molecular weight excluding hydrogens is 276 g/mol. The quantitative estimate of drug-likeness (QED) is 0.703. The van der Waals surface area contributed by atoms with Crippen LogP contribution in [0.15, 0.2) is 45.6 Å². The Bertz CT molecular complexity index is 903. The number of ether oxygens (including phenoxy) is 1. The number of hydrogen-bond acceptors (Lipinski definition) is 3. The molecule has 0 N–H and O–H groups in total. The van der Waals surface area contributed by atoms with E-state index in [4.69, 9.17) is 9.15 Å². The Labute approximate surface area is 129 Å². The van der Waals surface area contributed by atoms with Gasteiger partial charge in [-0.05, 0) is 38.0 Å². The molecule has 3 aromatic rings. The van der Waals surface area contributed by atoms with Crippen LogP contribution in [-0.4, -0.2) is 7.11 Å². The highest BCUT2D eigenvalue weighted by Gasteiger charge is 2.18. The highest BCUT2D eigenvalue weighted by Crippen LogP contribution is 2.32. The molecule has 3 rings (SSSR count). The topological polar surface area (TPSA) is 39.4 Å². The summed E-state index contributed by atoms with van der Waals surface area (Å²) in [5.41, 5.74) is 4.45.